The molecule has 1 aliphatic heterocycles. The molecule has 2 heterocycles. The van der Waals surface area contributed by atoms with Gasteiger partial charge in [0.15, 0.2) is 4.34 Å². The second-order valence-corrected chi connectivity index (χ2v) is 5.77. The van der Waals surface area contributed by atoms with E-state index in [2.05, 4.69) is 10.2 Å². The molecular weight excluding hydrogens is 304 g/mol. The van der Waals surface area contributed by atoms with Gasteiger partial charge in [-0.15, -0.1) is 10.2 Å². The topological polar surface area (TPSA) is 92.7 Å². The number of ether oxygens (including phenoxy) is 1. The molecule has 1 fully saturated rings. The lowest BCUT2D eigenvalue weighted by Gasteiger charge is -2.18. The summed E-state index contributed by atoms with van der Waals surface area (Å²) < 4.78 is 5.55. The minimum Gasteiger partial charge on any atom is -0.432 e. The maximum absolute atomic E-state index is 12.2. The van der Waals surface area contributed by atoms with Gasteiger partial charge in [0.25, 0.3) is 12.1 Å². The lowest BCUT2D eigenvalue weighted by Crippen LogP contribution is -2.38. The molecule has 1 aliphatic rings. The fourth-order valence-corrected chi connectivity index (χ4v) is 2.95. The number of carbonyl (C=O) groups excluding carboxylic acids is 3. The predicted molar refractivity (Wildman–Crippen MR) is 72.5 cm³/mol. The van der Waals surface area contributed by atoms with Gasteiger partial charge < -0.3 is 4.74 Å². The molecule has 3 amide bonds. The zero-order valence-electron chi connectivity index (χ0n) is 11.0. The first-order valence-electron chi connectivity index (χ1n) is 5.68. The Morgan fingerprint density at radius 1 is 1.45 bits per heavy atom. The Bertz CT molecular complexity index is 561. The van der Waals surface area contributed by atoms with Gasteiger partial charge in [-0.1, -0.05) is 23.1 Å². The number of anilines is 1. The van der Waals surface area contributed by atoms with Crippen LogP contribution in [-0.2, 0) is 14.3 Å². The van der Waals surface area contributed by atoms with Crippen molar-refractivity contribution in [3.05, 3.63) is 0 Å². The molecule has 20 heavy (non-hydrogen) atoms. The summed E-state index contributed by atoms with van der Waals surface area (Å²) in [4.78, 5) is 37.6. The SMILES string of the molecule is CCN1C(=O)N(c2nnc(SC)s2)C(=O)C1OC(C)=O. The van der Waals surface area contributed by atoms with Crippen LogP contribution in [0.1, 0.15) is 13.8 Å². The number of aromatic nitrogens is 2. The summed E-state index contributed by atoms with van der Waals surface area (Å²) in [5, 5.41) is 7.84. The minimum atomic E-state index is -1.23. The first-order valence-corrected chi connectivity index (χ1v) is 7.73. The van der Waals surface area contributed by atoms with Gasteiger partial charge in [-0.25, -0.2) is 4.79 Å². The van der Waals surface area contributed by atoms with Crippen molar-refractivity contribution in [1.82, 2.24) is 15.1 Å². The van der Waals surface area contributed by atoms with Crippen LogP contribution in [0.3, 0.4) is 0 Å². The average molecular weight is 316 g/mol. The van der Waals surface area contributed by atoms with Crippen LogP contribution in [0.25, 0.3) is 0 Å². The van der Waals surface area contributed by atoms with Gasteiger partial charge in [0.1, 0.15) is 0 Å². The Morgan fingerprint density at radius 2 is 2.15 bits per heavy atom. The van der Waals surface area contributed by atoms with E-state index >= 15 is 0 Å². The summed E-state index contributed by atoms with van der Waals surface area (Å²) >= 11 is 2.49. The first-order chi connectivity index (χ1) is 9.49. The van der Waals surface area contributed by atoms with Gasteiger partial charge in [0, 0.05) is 13.5 Å². The molecule has 0 N–H and O–H groups in total. The molecule has 108 valence electrons. The second kappa shape index (κ2) is 5.75. The predicted octanol–water partition coefficient (Wildman–Crippen LogP) is 0.938. The Labute approximate surface area is 123 Å². The molecule has 1 unspecified atom stereocenters. The standard InChI is InChI=1S/C10H12N4O4S2/c1-4-13-7(18-5(2)15)6(16)14(10(13)17)8-11-12-9(19-3)20-8/h7H,4H2,1-3H3. The number of urea groups is 1. The van der Waals surface area contributed by atoms with E-state index in [1.54, 1.807) is 6.92 Å². The van der Waals surface area contributed by atoms with E-state index in [0.717, 1.165) is 16.2 Å². The maximum atomic E-state index is 12.2. The number of thioether (sulfide) groups is 1. The van der Waals surface area contributed by atoms with E-state index in [9.17, 15) is 14.4 Å². The lowest BCUT2D eigenvalue weighted by atomic mass is 10.5. The average Bonchev–Trinajstić information content (AvgIpc) is 2.94. The quantitative estimate of drug-likeness (QED) is 0.353. The highest BCUT2D eigenvalue weighted by molar-refractivity contribution is 8.00. The van der Waals surface area contributed by atoms with Crippen LogP contribution in [0.2, 0.25) is 0 Å². The molecular formula is C10H12N4O4S2. The van der Waals surface area contributed by atoms with Crippen LogP contribution in [0, 0.1) is 0 Å². The molecule has 0 radical (unpaired) electrons. The number of imide groups is 1. The molecule has 0 aliphatic carbocycles. The van der Waals surface area contributed by atoms with Crippen molar-refractivity contribution in [2.75, 3.05) is 17.7 Å². The molecule has 0 spiro atoms. The molecule has 0 bridgehead atoms. The first kappa shape index (κ1) is 14.7. The van der Waals surface area contributed by atoms with E-state index in [1.165, 1.54) is 23.6 Å². The van der Waals surface area contributed by atoms with Crippen molar-refractivity contribution in [2.45, 2.75) is 24.4 Å². The number of esters is 1. The van der Waals surface area contributed by atoms with E-state index in [0.29, 0.717) is 4.34 Å². The number of amides is 3. The highest BCUT2D eigenvalue weighted by Gasteiger charge is 2.48. The number of rotatable bonds is 4. The van der Waals surface area contributed by atoms with Gasteiger partial charge in [-0.05, 0) is 13.2 Å². The molecule has 1 aromatic rings. The number of hydrogen-bond donors (Lipinski definition) is 0. The third kappa shape index (κ3) is 2.48. The normalized spacial score (nSPS) is 18.9. The zero-order valence-corrected chi connectivity index (χ0v) is 12.7. The Balaban J connectivity index is 2.32. The van der Waals surface area contributed by atoms with Crippen LogP contribution in [0.4, 0.5) is 9.93 Å². The van der Waals surface area contributed by atoms with Crippen molar-refractivity contribution < 1.29 is 19.1 Å². The number of hydrogen-bond acceptors (Lipinski definition) is 8. The van der Waals surface area contributed by atoms with Crippen molar-refractivity contribution in [3.63, 3.8) is 0 Å². The Kier molecular flexibility index (Phi) is 4.23. The summed E-state index contributed by atoms with van der Waals surface area (Å²) in [5.74, 6) is -1.26. The second-order valence-electron chi connectivity index (χ2n) is 3.76. The summed E-state index contributed by atoms with van der Waals surface area (Å²) in [6, 6.07) is -0.562. The Morgan fingerprint density at radius 3 is 2.65 bits per heavy atom. The molecule has 1 saturated heterocycles. The van der Waals surface area contributed by atoms with E-state index in [4.69, 9.17) is 4.74 Å². The minimum absolute atomic E-state index is 0.178. The lowest BCUT2D eigenvalue weighted by molar-refractivity contribution is -0.158. The third-order valence-electron chi connectivity index (χ3n) is 2.53. The smallest absolute Gasteiger partial charge is 0.336 e. The Hall–Kier alpha value is -1.68. The van der Waals surface area contributed by atoms with Crippen LogP contribution in [0.5, 0.6) is 0 Å². The monoisotopic (exact) mass is 316 g/mol. The van der Waals surface area contributed by atoms with E-state index in [-0.39, 0.29) is 11.7 Å². The van der Waals surface area contributed by atoms with Crippen molar-refractivity contribution in [1.29, 1.82) is 0 Å². The highest BCUT2D eigenvalue weighted by atomic mass is 32.2. The van der Waals surface area contributed by atoms with Crippen LogP contribution in [-0.4, -0.2) is 52.0 Å². The van der Waals surface area contributed by atoms with Gasteiger partial charge in [0.2, 0.25) is 5.13 Å². The van der Waals surface area contributed by atoms with Crippen molar-refractivity contribution in [2.24, 2.45) is 0 Å². The van der Waals surface area contributed by atoms with Crippen LogP contribution >= 0.6 is 23.1 Å². The molecule has 0 saturated carbocycles. The van der Waals surface area contributed by atoms with Gasteiger partial charge in [-0.2, -0.15) is 4.90 Å². The summed E-state index contributed by atoms with van der Waals surface area (Å²) in [6.07, 6.45) is 0.587. The zero-order chi connectivity index (χ0) is 14.9. The summed E-state index contributed by atoms with van der Waals surface area (Å²) in [5.41, 5.74) is 0. The number of carbonyl (C=O) groups is 3. The molecule has 2 rings (SSSR count). The van der Waals surface area contributed by atoms with Gasteiger partial charge in [-0.3, -0.25) is 14.5 Å². The third-order valence-corrected chi connectivity index (χ3v) is 4.42. The molecule has 8 nitrogen and oxygen atoms in total. The van der Waals surface area contributed by atoms with Gasteiger partial charge in [0.05, 0.1) is 0 Å². The van der Waals surface area contributed by atoms with Crippen LogP contribution in [0.15, 0.2) is 4.34 Å². The molecule has 0 aromatic carbocycles. The van der Waals surface area contributed by atoms with Crippen LogP contribution < -0.4 is 4.90 Å². The van der Waals surface area contributed by atoms with Crippen molar-refractivity contribution in [3.8, 4) is 0 Å². The molecule has 10 heteroatoms. The van der Waals surface area contributed by atoms with E-state index in [1.807, 2.05) is 6.26 Å². The fraction of sp³-hybridized carbons (Fsp3) is 0.500. The van der Waals surface area contributed by atoms with Crippen molar-refractivity contribution >= 4 is 46.1 Å². The van der Waals surface area contributed by atoms with Gasteiger partial charge >= 0.3 is 12.0 Å². The number of nitrogens with zero attached hydrogens (tertiary/aromatic N) is 4. The summed E-state index contributed by atoms with van der Waals surface area (Å²) in [7, 11) is 0. The molecule has 1 aromatic heterocycles. The fourth-order valence-electron chi connectivity index (χ4n) is 1.69. The largest absolute Gasteiger partial charge is 0.432 e. The number of likely N-dealkylation sites (N-methyl/N-ethyl adjacent to an activating group) is 1. The highest BCUT2D eigenvalue weighted by Crippen LogP contribution is 2.31. The molecule has 1 atom stereocenters. The maximum Gasteiger partial charge on any atom is 0.336 e. The summed E-state index contributed by atoms with van der Waals surface area (Å²) in [6.45, 7) is 3.12. The van der Waals surface area contributed by atoms with E-state index < -0.39 is 24.1 Å².